The molecule has 6 heteroatoms. The Morgan fingerprint density at radius 3 is 2.41 bits per heavy atom. The van der Waals surface area contributed by atoms with Crippen molar-refractivity contribution < 1.29 is 14.3 Å². The second kappa shape index (κ2) is 8.71. The largest absolute Gasteiger partial charge is 0.497 e. The number of amides is 1. The Morgan fingerprint density at radius 1 is 0.963 bits per heavy atom. The van der Waals surface area contributed by atoms with Crippen molar-refractivity contribution in [2.24, 2.45) is 0 Å². The molecule has 0 spiro atoms. The number of pyridine rings is 1. The first-order chi connectivity index (χ1) is 13.2. The van der Waals surface area contributed by atoms with Crippen molar-refractivity contribution in [3.8, 4) is 11.5 Å². The molecule has 2 aromatic carbocycles. The third-order valence-corrected chi connectivity index (χ3v) is 4.03. The number of benzene rings is 2. The number of aromatic nitrogens is 1. The van der Waals surface area contributed by atoms with Crippen molar-refractivity contribution in [1.82, 2.24) is 4.98 Å². The molecule has 0 aliphatic rings. The van der Waals surface area contributed by atoms with Gasteiger partial charge in [0.1, 0.15) is 17.3 Å². The molecular formula is C21H21N3O3. The molecule has 0 bridgehead atoms. The van der Waals surface area contributed by atoms with Gasteiger partial charge in [-0.2, -0.15) is 0 Å². The molecule has 3 aromatic rings. The minimum Gasteiger partial charge on any atom is -0.497 e. The van der Waals surface area contributed by atoms with Crippen molar-refractivity contribution in [1.29, 1.82) is 0 Å². The highest BCUT2D eigenvalue weighted by molar-refractivity contribution is 6.04. The molecule has 1 heterocycles. The zero-order valence-corrected chi connectivity index (χ0v) is 15.2. The van der Waals surface area contributed by atoms with Gasteiger partial charge in [0.2, 0.25) is 0 Å². The van der Waals surface area contributed by atoms with Gasteiger partial charge in [-0.3, -0.25) is 4.79 Å². The van der Waals surface area contributed by atoms with Crippen LogP contribution in [-0.4, -0.2) is 25.1 Å². The van der Waals surface area contributed by atoms with Gasteiger partial charge in [0.05, 0.1) is 19.8 Å². The fourth-order valence-electron chi connectivity index (χ4n) is 2.55. The summed E-state index contributed by atoms with van der Waals surface area (Å²) in [6, 6.07) is 18.4. The predicted molar refractivity (Wildman–Crippen MR) is 106 cm³/mol. The van der Waals surface area contributed by atoms with E-state index in [1.807, 2.05) is 24.3 Å². The van der Waals surface area contributed by atoms with Crippen molar-refractivity contribution in [2.45, 2.75) is 6.54 Å². The maximum absolute atomic E-state index is 12.3. The lowest BCUT2D eigenvalue weighted by Gasteiger charge is -2.10. The van der Waals surface area contributed by atoms with Crippen LogP contribution in [0.5, 0.6) is 11.5 Å². The molecule has 0 fully saturated rings. The SMILES string of the molecule is COc1ccc(NC(=O)c2ccc(NCc3ccccc3OC)nc2)cc1. The number of hydrogen-bond donors (Lipinski definition) is 2. The van der Waals surface area contributed by atoms with Crippen molar-refractivity contribution in [2.75, 3.05) is 24.9 Å². The Bertz CT molecular complexity index is 893. The lowest BCUT2D eigenvalue weighted by Crippen LogP contribution is -2.12. The number of carbonyl (C=O) groups excluding carboxylic acids is 1. The fourth-order valence-corrected chi connectivity index (χ4v) is 2.55. The summed E-state index contributed by atoms with van der Waals surface area (Å²) in [5, 5.41) is 6.06. The highest BCUT2D eigenvalue weighted by Gasteiger charge is 2.08. The van der Waals surface area contributed by atoms with Gasteiger partial charge >= 0.3 is 0 Å². The molecule has 1 amide bonds. The molecule has 27 heavy (non-hydrogen) atoms. The van der Waals surface area contributed by atoms with E-state index in [1.54, 1.807) is 56.8 Å². The summed E-state index contributed by atoms with van der Waals surface area (Å²) in [6.07, 6.45) is 1.55. The summed E-state index contributed by atoms with van der Waals surface area (Å²) >= 11 is 0. The lowest BCUT2D eigenvalue weighted by atomic mass is 10.2. The number of anilines is 2. The summed E-state index contributed by atoms with van der Waals surface area (Å²) in [4.78, 5) is 16.6. The predicted octanol–water partition coefficient (Wildman–Crippen LogP) is 3.96. The monoisotopic (exact) mass is 363 g/mol. The van der Waals surface area contributed by atoms with E-state index in [0.717, 1.165) is 17.1 Å². The maximum atomic E-state index is 12.3. The van der Waals surface area contributed by atoms with E-state index in [9.17, 15) is 4.79 Å². The summed E-state index contributed by atoms with van der Waals surface area (Å²) < 4.78 is 10.4. The third kappa shape index (κ3) is 4.76. The van der Waals surface area contributed by atoms with Gasteiger partial charge in [-0.15, -0.1) is 0 Å². The number of ether oxygens (including phenoxy) is 2. The van der Waals surface area contributed by atoms with Crippen LogP contribution in [0.3, 0.4) is 0 Å². The van der Waals surface area contributed by atoms with Gasteiger partial charge in [-0.25, -0.2) is 4.98 Å². The molecule has 0 saturated heterocycles. The number of rotatable bonds is 7. The first kappa shape index (κ1) is 18.3. The number of nitrogens with zero attached hydrogens (tertiary/aromatic N) is 1. The fraction of sp³-hybridized carbons (Fsp3) is 0.143. The van der Waals surface area contributed by atoms with Crippen LogP contribution in [0, 0.1) is 0 Å². The molecule has 6 nitrogen and oxygen atoms in total. The highest BCUT2D eigenvalue weighted by Crippen LogP contribution is 2.19. The van der Waals surface area contributed by atoms with Crippen molar-refractivity contribution >= 4 is 17.4 Å². The Kier molecular flexibility index (Phi) is 5.89. The molecule has 0 aliphatic carbocycles. The summed E-state index contributed by atoms with van der Waals surface area (Å²) in [5.74, 6) is 2.02. The van der Waals surface area contributed by atoms with Gasteiger partial charge in [-0.1, -0.05) is 18.2 Å². The molecule has 0 atom stereocenters. The van der Waals surface area contributed by atoms with Crippen LogP contribution in [0.15, 0.2) is 66.9 Å². The summed E-state index contributed by atoms with van der Waals surface area (Å²) in [6.45, 7) is 0.578. The van der Waals surface area contributed by atoms with Crippen LogP contribution >= 0.6 is 0 Å². The lowest BCUT2D eigenvalue weighted by molar-refractivity contribution is 0.102. The van der Waals surface area contributed by atoms with Gasteiger partial charge in [-0.05, 0) is 42.5 Å². The molecule has 1 aromatic heterocycles. The summed E-state index contributed by atoms with van der Waals surface area (Å²) in [5.41, 5.74) is 2.20. The minimum atomic E-state index is -0.219. The Labute approximate surface area is 158 Å². The Balaban J connectivity index is 1.59. The second-order valence-corrected chi connectivity index (χ2v) is 5.78. The molecule has 0 radical (unpaired) electrons. The highest BCUT2D eigenvalue weighted by atomic mass is 16.5. The molecule has 0 saturated carbocycles. The average Bonchev–Trinajstić information content (AvgIpc) is 2.73. The average molecular weight is 363 g/mol. The van der Waals surface area contributed by atoms with Crippen molar-refractivity contribution in [3.63, 3.8) is 0 Å². The number of nitrogens with one attached hydrogen (secondary N) is 2. The van der Waals surface area contributed by atoms with E-state index in [2.05, 4.69) is 15.6 Å². The van der Waals surface area contributed by atoms with Crippen LogP contribution < -0.4 is 20.1 Å². The van der Waals surface area contributed by atoms with Crippen molar-refractivity contribution in [3.05, 3.63) is 78.0 Å². The zero-order chi connectivity index (χ0) is 19.1. The maximum Gasteiger partial charge on any atom is 0.257 e. The molecule has 2 N–H and O–H groups in total. The molecule has 3 rings (SSSR count). The smallest absolute Gasteiger partial charge is 0.257 e. The van der Waals surface area contributed by atoms with Gasteiger partial charge in [0.25, 0.3) is 5.91 Å². The minimum absolute atomic E-state index is 0.219. The van der Waals surface area contributed by atoms with Crippen LogP contribution in [0.4, 0.5) is 11.5 Å². The number of hydrogen-bond acceptors (Lipinski definition) is 5. The second-order valence-electron chi connectivity index (χ2n) is 5.78. The van der Waals surface area contributed by atoms with E-state index >= 15 is 0 Å². The molecule has 0 aliphatic heterocycles. The third-order valence-electron chi connectivity index (χ3n) is 4.03. The number of carbonyl (C=O) groups is 1. The van der Waals surface area contributed by atoms with Crippen LogP contribution in [0.1, 0.15) is 15.9 Å². The zero-order valence-electron chi connectivity index (χ0n) is 15.2. The molecule has 138 valence electrons. The quantitative estimate of drug-likeness (QED) is 0.665. The van der Waals surface area contributed by atoms with E-state index in [1.165, 1.54) is 0 Å². The number of para-hydroxylation sites is 1. The van der Waals surface area contributed by atoms with Crippen LogP contribution in [-0.2, 0) is 6.54 Å². The van der Waals surface area contributed by atoms with Gasteiger partial charge in [0, 0.05) is 24.0 Å². The Morgan fingerprint density at radius 2 is 1.74 bits per heavy atom. The van der Waals surface area contributed by atoms with Gasteiger partial charge in [0.15, 0.2) is 0 Å². The van der Waals surface area contributed by atoms with Crippen LogP contribution in [0.2, 0.25) is 0 Å². The first-order valence-corrected chi connectivity index (χ1v) is 8.47. The Hall–Kier alpha value is -3.54. The van der Waals surface area contributed by atoms with Gasteiger partial charge < -0.3 is 20.1 Å². The van der Waals surface area contributed by atoms with Crippen LogP contribution in [0.25, 0.3) is 0 Å². The first-order valence-electron chi connectivity index (χ1n) is 8.47. The van der Waals surface area contributed by atoms with E-state index in [0.29, 0.717) is 23.6 Å². The molecular weight excluding hydrogens is 342 g/mol. The van der Waals surface area contributed by atoms with E-state index in [-0.39, 0.29) is 5.91 Å². The number of methoxy groups -OCH3 is 2. The van der Waals surface area contributed by atoms with E-state index < -0.39 is 0 Å². The summed E-state index contributed by atoms with van der Waals surface area (Å²) in [7, 11) is 3.25. The molecule has 0 unspecified atom stereocenters. The normalized spacial score (nSPS) is 10.1. The van der Waals surface area contributed by atoms with E-state index in [4.69, 9.17) is 9.47 Å². The topological polar surface area (TPSA) is 72.5 Å². The standard InChI is InChI=1S/C21H21N3O3/c1-26-18-10-8-17(9-11-18)24-21(25)16-7-12-20(23-14-16)22-13-15-5-3-4-6-19(15)27-2/h3-12,14H,13H2,1-2H3,(H,22,23)(H,24,25).